The van der Waals surface area contributed by atoms with Crippen LogP contribution in [0.4, 0.5) is 0 Å². The third kappa shape index (κ3) is 2.15. The Morgan fingerprint density at radius 1 is 0.929 bits per heavy atom. The highest BCUT2D eigenvalue weighted by molar-refractivity contribution is 7.20. The number of para-hydroxylation sites is 2. The smallest absolute Gasteiger partial charge is 0.195 e. The van der Waals surface area contributed by atoms with Crippen LogP contribution < -0.4 is 0 Å². The molecule has 0 aliphatic rings. The van der Waals surface area contributed by atoms with Crippen LogP contribution in [-0.2, 0) is 0 Å². The Morgan fingerprint density at radius 2 is 1.75 bits per heavy atom. The van der Waals surface area contributed by atoms with E-state index in [9.17, 15) is 0 Å². The highest BCUT2D eigenvalue weighted by Crippen LogP contribution is 2.35. The van der Waals surface area contributed by atoms with Crippen molar-refractivity contribution in [3.8, 4) is 21.8 Å². The molecule has 0 radical (unpaired) electrons. The molecule has 6 heteroatoms. The molecule has 0 saturated heterocycles. The summed E-state index contributed by atoms with van der Waals surface area (Å²) in [6.45, 7) is 2.14. The van der Waals surface area contributed by atoms with Gasteiger partial charge in [0, 0.05) is 23.5 Å². The van der Waals surface area contributed by atoms with Crippen LogP contribution >= 0.6 is 11.3 Å². The minimum Gasteiger partial charge on any atom is -0.287 e. The van der Waals surface area contributed by atoms with E-state index >= 15 is 0 Å². The van der Waals surface area contributed by atoms with Crippen molar-refractivity contribution in [2.75, 3.05) is 0 Å². The molecule has 4 heterocycles. The van der Waals surface area contributed by atoms with Crippen LogP contribution in [0.15, 0.2) is 72.9 Å². The second-order valence-corrected chi connectivity index (χ2v) is 7.71. The molecule has 6 aromatic rings. The van der Waals surface area contributed by atoms with E-state index in [2.05, 4.69) is 46.6 Å². The highest BCUT2D eigenvalue weighted by Gasteiger charge is 2.18. The van der Waals surface area contributed by atoms with Crippen LogP contribution in [0.25, 0.3) is 43.5 Å². The van der Waals surface area contributed by atoms with Crippen molar-refractivity contribution < 1.29 is 0 Å². The number of rotatable bonds is 2. The molecule has 0 fully saturated rings. The third-order valence-electron chi connectivity index (χ3n) is 5.05. The molecule has 134 valence electrons. The number of aromatic nitrogens is 5. The van der Waals surface area contributed by atoms with Gasteiger partial charge in [0.2, 0.25) is 0 Å². The first-order valence-electron chi connectivity index (χ1n) is 9.07. The average molecular weight is 381 g/mol. The fourth-order valence-corrected chi connectivity index (χ4v) is 4.87. The van der Waals surface area contributed by atoms with Crippen molar-refractivity contribution in [2.24, 2.45) is 0 Å². The van der Waals surface area contributed by atoms with Gasteiger partial charge < -0.3 is 0 Å². The predicted molar refractivity (Wildman–Crippen MR) is 113 cm³/mol. The number of thiazole rings is 1. The Labute approximate surface area is 164 Å². The molecule has 4 aromatic heterocycles. The second-order valence-electron chi connectivity index (χ2n) is 6.73. The van der Waals surface area contributed by atoms with Crippen LogP contribution in [0.1, 0.15) is 5.69 Å². The zero-order valence-electron chi connectivity index (χ0n) is 15.1. The summed E-state index contributed by atoms with van der Waals surface area (Å²) in [5.74, 6) is 0. The molecule has 0 atom stereocenters. The second kappa shape index (κ2) is 5.74. The van der Waals surface area contributed by atoms with Crippen molar-refractivity contribution in [3.63, 3.8) is 0 Å². The van der Waals surface area contributed by atoms with Gasteiger partial charge >= 0.3 is 0 Å². The molecular weight excluding hydrogens is 366 g/mol. The fourth-order valence-electron chi connectivity index (χ4n) is 3.72. The molecule has 6 rings (SSSR count). The molecule has 0 amide bonds. The first-order chi connectivity index (χ1) is 13.8. The Hall–Kier alpha value is -3.51. The van der Waals surface area contributed by atoms with Gasteiger partial charge in [0.15, 0.2) is 10.6 Å². The van der Waals surface area contributed by atoms with Gasteiger partial charge in [-0.05, 0) is 25.1 Å². The first-order valence-corrected chi connectivity index (χ1v) is 9.88. The maximum absolute atomic E-state index is 4.85. The molecule has 0 unspecified atom stereocenters. The highest BCUT2D eigenvalue weighted by atomic mass is 32.1. The van der Waals surface area contributed by atoms with Crippen molar-refractivity contribution >= 4 is 33.0 Å². The van der Waals surface area contributed by atoms with Gasteiger partial charge in [-0.25, -0.2) is 14.5 Å². The summed E-state index contributed by atoms with van der Waals surface area (Å²) in [4.78, 5) is 11.5. The monoisotopic (exact) mass is 381 g/mol. The number of fused-ring (bicyclic) bond motifs is 4. The standard InChI is InChI=1S/C22H15N5S/c1-14-21(28-22-24-16-9-5-6-10-18(16)26(14)22)19-11-12-23-20-13-17(25-27(19)20)15-7-3-2-4-8-15/h2-13H,1H3. The summed E-state index contributed by atoms with van der Waals surface area (Å²) < 4.78 is 4.16. The molecule has 28 heavy (non-hydrogen) atoms. The maximum atomic E-state index is 4.85. The molecule has 2 aromatic carbocycles. The van der Waals surface area contributed by atoms with Gasteiger partial charge in [0.25, 0.3) is 0 Å². The van der Waals surface area contributed by atoms with Crippen LogP contribution in [0.2, 0.25) is 0 Å². The van der Waals surface area contributed by atoms with E-state index in [1.165, 1.54) is 0 Å². The number of hydrogen-bond acceptors (Lipinski definition) is 4. The molecule has 0 aliphatic heterocycles. The van der Waals surface area contributed by atoms with Crippen LogP contribution in [-0.4, -0.2) is 24.0 Å². The largest absolute Gasteiger partial charge is 0.287 e. The summed E-state index contributed by atoms with van der Waals surface area (Å²) in [5.41, 5.74) is 7.20. The third-order valence-corrected chi connectivity index (χ3v) is 6.21. The number of imidazole rings is 1. The topological polar surface area (TPSA) is 47.5 Å². The van der Waals surface area contributed by atoms with Gasteiger partial charge in [-0.1, -0.05) is 53.8 Å². The van der Waals surface area contributed by atoms with Crippen molar-refractivity contribution in [2.45, 2.75) is 6.92 Å². The van der Waals surface area contributed by atoms with Gasteiger partial charge in [-0.2, -0.15) is 5.10 Å². The van der Waals surface area contributed by atoms with E-state index < -0.39 is 0 Å². The van der Waals surface area contributed by atoms with E-state index in [0.717, 1.165) is 49.2 Å². The van der Waals surface area contributed by atoms with Crippen molar-refractivity contribution in [3.05, 3.63) is 78.6 Å². The van der Waals surface area contributed by atoms with Crippen molar-refractivity contribution in [1.29, 1.82) is 0 Å². The van der Waals surface area contributed by atoms with Gasteiger partial charge in [0.05, 0.1) is 27.3 Å². The fraction of sp³-hybridized carbons (Fsp3) is 0.0455. The Balaban J connectivity index is 1.60. The van der Waals surface area contributed by atoms with E-state index in [1.54, 1.807) is 11.3 Å². The summed E-state index contributed by atoms with van der Waals surface area (Å²) >= 11 is 1.69. The molecule has 0 saturated carbocycles. The number of nitrogens with zero attached hydrogens (tertiary/aromatic N) is 5. The summed E-state index contributed by atoms with van der Waals surface area (Å²) in [7, 11) is 0. The van der Waals surface area contributed by atoms with Crippen LogP contribution in [0.3, 0.4) is 0 Å². The molecule has 0 N–H and O–H groups in total. The van der Waals surface area contributed by atoms with Crippen LogP contribution in [0, 0.1) is 6.92 Å². The molecule has 5 nitrogen and oxygen atoms in total. The molecule has 0 spiro atoms. The summed E-state index contributed by atoms with van der Waals surface area (Å²) in [6.07, 6.45) is 1.85. The lowest BCUT2D eigenvalue weighted by Crippen LogP contribution is -1.96. The SMILES string of the molecule is Cc1c(-c2ccnc3cc(-c4ccccc4)nn23)sc2nc3ccccc3n12. The molecule has 0 bridgehead atoms. The number of aryl methyl sites for hydroxylation is 1. The lowest BCUT2D eigenvalue weighted by molar-refractivity contribution is 0.951. The molecular formula is C22H15N5S. The summed E-state index contributed by atoms with van der Waals surface area (Å²) in [5, 5.41) is 4.85. The molecule has 0 aliphatic carbocycles. The quantitative estimate of drug-likeness (QED) is 0.412. The zero-order chi connectivity index (χ0) is 18.7. The van der Waals surface area contributed by atoms with Gasteiger partial charge in [0.1, 0.15) is 0 Å². The van der Waals surface area contributed by atoms with E-state index in [4.69, 9.17) is 10.1 Å². The average Bonchev–Trinajstić information content (AvgIpc) is 3.41. The van der Waals surface area contributed by atoms with Gasteiger partial charge in [-0.15, -0.1) is 0 Å². The Bertz CT molecular complexity index is 1470. The zero-order valence-corrected chi connectivity index (χ0v) is 15.9. The van der Waals surface area contributed by atoms with E-state index in [0.29, 0.717) is 0 Å². The lowest BCUT2D eigenvalue weighted by Gasteiger charge is -2.03. The van der Waals surface area contributed by atoms with Crippen LogP contribution in [0.5, 0.6) is 0 Å². The minimum atomic E-state index is 0.839. The van der Waals surface area contributed by atoms with E-state index in [-0.39, 0.29) is 0 Å². The first kappa shape index (κ1) is 15.5. The van der Waals surface area contributed by atoms with Crippen molar-refractivity contribution in [1.82, 2.24) is 24.0 Å². The summed E-state index contributed by atoms with van der Waals surface area (Å²) in [6, 6.07) is 22.5. The Morgan fingerprint density at radius 3 is 2.64 bits per heavy atom. The number of hydrogen-bond donors (Lipinski definition) is 0. The Kier molecular flexibility index (Phi) is 3.19. The number of benzene rings is 2. The lowest BCUT2D eigenvalue weighted by atomic mass is 10.2. The predicted octanol–water partition coefficient (Wildman–Crippen LogP) is 5.23. The van der Waals surface area contributed by atoms with E-state index in [1.807, 2.05) is 47.1 Å². The van der Waals surface area contributed by atoms with Gasteiger partial charge in [-0.3, -0.25) is 4.40 Å². The normalized spacial score (nSPS) is 11.8. The maximum Gasteiger partial charge on any atom is 0.195 e. The minimum absolute atomic E-state index is 0.839.